The Balaban J connectivity index is 2.47. The van der Waals surface area contributed by atoms with E-state index >= 15 is 0 Å². The topological polar surface area (TPSA) is 12.0 Å². The fourth-order valence-electron chi connectivity index (χ4n) is 2.12. The Morgan fingerprint density at radius 1 is 1.10 bits per heavy atom. The molecular formula is C16H16Cl2IN. The van der Waals surface area contributed by atoms with E-state index in [-0.39, 0.29) is 6.04 Å². The second-order valence-electron chi connectivity index (χ2n) is 4.57. The van der Waals surface area contributed by atoms with Crippen LogP contribution in [0.15, 0.2) is 42.5 Å². The molecule has 0 heterocycles. The number of halogens is 3. The Kier molecular flexibility index (Phi) is 6.15. The molecule has 2 rings (SSSR count). The van der Waals surface area contributed by atoms with Crippen molar-refractivity contribution in [3.63, 3.8) is 0 Å². The van der Waals surface area contributed by atoms with Crippen LogP contribution in [0.5, 0.6) is 0 Å². The van der Waals surface area contributed by atoms with E-state index in [1.54, 1.807) is 0 Å². The van der Waals surface area contributed by atoms with Crippen molar-refractivity contribution in [2.75, 3.05) is 6.54 Å². The lowest BCUT2D eigenvalue weighted by molar-refractivity contribution is 0.597. The third-order valence-electron chi connectivity index (χ3n) is 3.08. The molecule has 1 atom stereocenters. The molecule has 0 amide bonds. The van der Waals surface area contributed by atoms with Crippen molar-refractivity contribution in [2.45, 2.75) is 19.4 Å². The van der Waals surface area contributed by atoms with Gasteiger partial charge < -0.3 is 5.32 Å². The third kappa shape index (κ3) is 3.88. The Morgan fingerprint density at radius 2 is 1.85 bits per heavy atom. The number of nitrogens with one attached hydrogen (secondary N) is 1. The van der Waals surface area contributed by atoms with Crippen molar-refractivity contribution < 1.29 is 0 Å². The van der Waals surface area contributed by atoms with Crippen LogP contribution in [0.25, 0.3) is 0 Å². The molecule has 0 aromatic heterocycles. The zero-order valence-electron chi connectivity index (χ0n) is 11.2. The van der Waals surface area contributed by atoms with Crippen LogP contribution < -0.4 is 5.32 Å². The van der Waals surface area contributed by atoms with E-state index in [4.69, 9.17) is 23.2 Å². The van der Waals surface area contributed by atoms with Gasteiger partial charge in [0, 0.05) is 13.6 Å². The van der Waals surface area contributed by atoms with E-state index in [0.717, 1.165) is 28.6 Å². The molecule has 0 radical (unpaired) electrons. The molecule has 0 aliphatic heterocycles. The summed E-state index contributed by atoms with van der Waals surface area (Å²) in [5, 5.41) is 5.08. The summed E-state index contributed by atoms with van der Waals surface area (Å²) in [6.07, 6.45) is 1.07. The molecule has 2 aromatic carbocycles. The van der Waals surface area contributed by atoms with Gasteiger partial charge in [0.15, 0.2) is 0 Å². The highest BCUT2D eigenvalue weighted by Gasteiger charge is 2.18. The first-order chi connectivity index (χ1) is 9.63. The van der Waals surface area contributed by atoms with Gasteiger partial charge >= 0.3 is 0 Å². The molecule has 0 aliphatic carbocycles. The van der Waals surface area contributed by atoms with Crippen LogP contribution in [0.3, 0.4) is 0 Å². The highest BCUT2D eigenvalue weighted by Crippen LogP contribution is 2.32. The quantitative estimate of drug-likeness (QED) is 0.614. The average Bonchev–Trinajstić information content (AvgIpc) is 2.44. The maximum atomic E-state index is 6.36. The van der Waals surface area contributed by atoms with Crippen LogP contribution in [0.4, 0.5) is 0 Å². The first-order valence-corrected chi connectivity index (χ1v) is 8.39. The molecule has 0 saturated carbocycles. The molecule has 1 nitrogen and oxygen atoms in total. The molecule has 4 heteroatoms. The predicted octanol–water partition coefficient (Wildman–Crippen LogP) is 5.69. The number of hydrogen-bond acceptors (Lipinski definition) is 1. The van der Waals surface area contributed by atoms with E-state index in [2.05, 4.69) is 40.9 Å². The van der Waals surface area contributed by atoms with Crippen molar-refractivity contribution in [1.82, 2.24) is 5.32 Å². The van der Waals surface area contributed by atoms with E-state index < -0.39 is 0 Å². The molecule has 0 saturated heterocycles. The summed E-state index contributed by atoms with van der Waals surface area (Å²) in [6, 6.07) is 14.0. The maximum Gasteiger partial charge on any atom is 0.0602 e. The first kappa shape index (κ1) is 16.1. The van der Waals surface area contributed by atoms with E-state index in [0.29, 0.717) is 0 Å². The van der Waals surface area contributed by atoms with Gasteiger partial charge in [0.05, 0.1) is 6.04 Å². The molecule has 1 N–H and O–H groups in total. The zero-order chi connectivity index (χ0) is 14.5. The monoisotopic (exact) mass is 419 g/mol. The van der Waals surface area contributed by atoms with Gasteiger partial charge in [0.2, 0.25) is 0 Å². The van der Waals surface area contributed by atoms with E-state index in [1.165, 1.54) is 9.13 Å². The summed E-state index contributed by atoms with van der Waals surface area (Å²) >= 11 is 14.9. The summed E-state index contributed by atoms with van der Waals surface area (Å²) in [7, 11) is 0. The molecule has 0 spiro atoms. The predicted molar refractivity (Wildman–Crippen MR) is 95.8 cm³/mol. The minimum Gasteiger partial charge on any atom is -0.306 e. The molecular weight excluding hydrogens is 404 g/mol. The molecule has 20 heavy (non-hydrogen) atoms. The SMILES string of the molecule is CCCNC(c1ccccc1Cl)c1cc(Cl)ccc1I. The lowest BCUT2D eigenvalue weighted by Crippen LogP contribution is -2.24. The van der Waals surface area contributed by atoms with Crippen molar-refractivity contribution >= 4 is 45.8 Å². The van der Waals surface area contributed by atoms with Gasteiger partial charge in [0.25, 0.3) is 0 Å². The van der Waals surface area contributed by atoms with Gasteiger partial charge in [-0.2, -0.15) is 0 Å². The van der Waals surface area contributed by atoms with Gasteiger partial charge in [-0.15, -0.1) is 0 Å². The summed E-state index contributed by atoms with van der Waals surface area (Å²) < 4.78 is 1.18. The minimum absolute atomic E-state index is 0.0641. The van der Waals surface area contributed by atoms with Gasteiger partial charge in [-0.3, -0.25) is 0 Å². The lowest BCUT2D eigenvalue weighted by Gasteiger charge is -2.22. The van der Waals surface area contributed by atoms with E-state index in [9.17, 15) is 0 Å². The second kappa shape index (κ2) is 7.64. The van der Waals surface area contributed by atoms with Crippen molar-refractivity contribution in [3.8, 4) is 0 Å². The van der Waals surface area contributed by atoms with Gasteiger partial charge in [-0.1, -0.05) is 48.3 Å². The minimum atomic E-state index is 0.0641. The molecule has 0 bridgehead atoms. The first-order valence-electron chi connectivity index (χ1n) is 6.56. The van der Waals surface area contributed by atoms with Crippen molar-refractivity contribution in [3.05, 3.63) is 67.2 Å². The number of benzene rings is 2. The van der Waals surface area contributed by atoms with Crippen LogP contribution >= 0.6 is 45.8 Å². The molecule has 106 valence electrons. The second-order valence-corrected chi connectivity index (χ2v) is 6.58. The molecule has 0 aliphatic rings. The molecule has 0 fully saturated rings. The highest BCUT2D eigenvalue weighted by atomic mass is 127. The van der Waals surface area contributed by atoms with Crippen LogP contribution in [0.1, 0.15) is 30.5 Å². The standard InChI is InChI=1S/C16H16Cl2IN/c1-2-9-20-16(12-5-3-4-6-14(12)18)13-10-11(17)7-8-15(13)19/h3-8,10,16,20H,2,9H2,1H3. The van der Waals surface area contributed by atoms with Gasteiger partial charge in [0.1, 0.15) is 0 Å². The highest BCUT2D eigenvalue weighted by molar-refractivity contribution is 14.1. The van der Waals surface area contributed by atoms with Crippen LogP contribution in [0, 0.1) is 3.57 Å². The zero-order valence-corrected chi connectivity index (χ0v) is 14.8. The maximum absolute atomic E-state index is 6.36. The fourth-order valence-corrected chi connectivity index (χ4v) is 3.19. The average molecular weight is 420 g/mol. The third-order valence-corrected chi connectivity index (χ3v) is 4.65. The normalized spacial score (nSPS) is 12.4. The smallest absolute Gasteiger partial charge is 0.0602 e. The van der Waals surface area contributed by atoms with Crippen LogP contribution in [-0.2, 0) is 0 Å². The van der Waals surface area contributed by atoms with Crippen LogP contribution in [0.2, 0.25) is 10.0 Å². The number of rotatable bonds is 5. The summed E-state index contributed by atoms with van der Waals surface area (Å²) in [4.78, 5) is 0. The van der Waals surface area contributed by atoms with Crippen molar-refractivity contribution in [1.29, 1.82) is 0 Å². The van der Waals surface area contributed by atoms with Gasteiger partial charge in [-0.25, -0.2) is 0 Å². The molecule has 1 unspecified atom stereocenters. The van der Waals surface area contributed by atoms with Gasteiger partial charge in [-0.05, 0) is 70.9 Å². The Hall–Kier alpha value is -0.290. The fraction of sp³-hybridized carbons (Fsp3) is 0.250. The lowest BCUT2D eigenvalue weighted by atomic mass is 9.98. The van der Waals surface area contributed by atoms with E-state index in [1.807, 2.05) is 36.4 Å². The number of hydrogen-bond donors (Lipinski definition) is 1. The summed E-state index contributed by atoms with van der Waals surface area (Å²) in [5.41, 5.74) is 2.25. The Labute approximate surface area is 143 Å². The largest absolute Gasteiger partial charge is 0.306 e. The Morgan fingerprint density at radius 3 is 2.55 bits per heavy atom. The summed E-state index contributed by atoms with van der Waals surface area (Å²) in [5.74, 6) is 0. The summed E-state index contributed by atoms with van der Waals surface area (Å²) in [6.45, 7) is 3.08. The van der Waals surface area contributed by atoms with Crippen LogP contribution in [-0.4, -0.2) is 6.54 Å². The van der Waals surface area contributed by atoms with Crippen molar-refractivity contribution in [2.24, 2.45) is 0 Å². The Bertz CT molecular complexity index is 586. The molecule has 2 aromatic rings.